The van der Waals surface area contributed by atoms with Crippen molar-refractivity contribution in [3.63, 3.8) is 0 Å². The lowest BCUT2D eigenvalue weighted by Crippen LogP contribution is -2.56. The summed E-state index contributed by atoms with van der Waals surface area (Å²) in [6.45, 7) is 11.6. The second kappa shape index (κ2) is 8.34. The fourth-order valence-electron chi connectivity index (χ4n) is 3.38. The lowest BCUT2D eigenvalue weighted by Gasteiger charge is -2.41. The molecule has 2 fully saturated rings. The molecule has 1 aliphatic heterocycles. The SMILES string of the molecule is CCCCN1CCC(NC2CC(NC(=O)OC(C)(C)C)C2)CC1. The molecule has 5 heteroatoms. The molecule has 0 aromatic rings. The van der Waals surface area contributed by atoms with Gasteiger partial charge < -0.3 is 20.3 Å². The summed E-state index contributed by atoms with van der Waals surface area (Å²) >= 11 is 0. The van der Waals surface area contributed by atoms with Crippen LogP contribution in [-0.2, 0) is 4.74 Å². The number of hydrogen-bond donors (Lipinski definition) is 2. The Morgan fingerprint density at radius 1 is 1.13 bits per heavy atom. The second-order valence-electron chi connectivity index (χ2n) is 8.15. The van der Waals surface area contributed by atoms with Gasteiger partial charge in [-0.05, 0) is 72.5 Å². The van der Waals surface area contributed by atoms with Crippen LogP contribution < -0.4 is 10.6 Å². The van der Waals surface area contributed by atoms with E-state index in [1.54, 1.807) is 0 Å². The Balaban J connectivity index is 1.56. The van der Waals surface area contributed by atoms with Crippen LogP contribution >= 0.6 is 0 Å². The first-order valence-electron chi connectivity index (χ1n) is 9.33. The zero-order chi connectivity index (χ0) is 16.9. The summed E-state index contributed by atoms with van der Waals surface area (Å²) in [6, 6.07) is 1.48. The number of ether oxygens (including phenoxy) is 1. The molecule has 0 aromatic heterocycles. The first-order chi connectivity index (χ1) is 10.9. The Labute approximate surface area is 141 Å². The minimum atomic E-state index is -0.419. The third-order valence-corrected chi connectivity index (χ3v) is 4.75. The number of piperidine rings is 1. The van der Waals surface area contributed by atoms with E-state index in [-0.39, 0.29) is 12.1 Å². The largest absolute Gasteiger partial charge is 0.444 e. The number of nitrogens with zero attached hydrogens (tertiary/aromatic N) is 1. The van der Waals surface area contributed by atoms with Crippen LogP contribution in [0.25, 0.3) is 0 Å². The van der Waals surface area contributed by atoms with E-state index in [1.165, 1.54) is 45.3 Å². The molecule has 1 aliphatic carbocycles. The zero-order valence-corrected chi connectivity index (χ0v) is 15.4. The quantitative estimate of drug-likeness (QED) is 0.788. The molecule has 1 saturated heterocycles. The van der Waals surface area contributed by atoms with E-state index in [9.17, 15) is 4.79 Å². The van der Waals surface area contributed by atoms with Gasteiger partial charge in [0.2, 0.25) is 0 Å². The summed E-state index contributed by atoms with van der Waals surface area (Å²) < 4.78 is 5.30. The second-order valence-corrected chi connectivity index (χ2v) is 8.15. The van der Waals surface area contributed by atoms with Gasteiger partial charge in [0.25, 0.3) is 0 Å². The summed E-state index contributed by atoms with van der Waals surface area (Å²) in [5.74, 6) is 0. The van der Waals surface area contributed by atoms with E-state index in [1.807, 2.05) is 20.8 Å². The Morgan fingerprint density at radius 2 is 1.78 bits per heavy atom. The van der Waals surface area contributed by atoms with Crippen molar-refractivity contribution < 1.29 is 9.53 Å². The third-order valence-electron chi connectivity index (χ3n) is 4.75. The molecule has 0 aromatic carbocycles. The first kappa shape index (κ1) is 18.5. The number of nitrogens with one attached hydrogen (secondary N) is 2. The topological polar surface area (TPSA) is 53.6 Å². The Bertz CT molecular complexity index is 367. The third kappa shape index (κ3) is 6.68. The maximum absolute atomic E-state index is 11.7. The van der Waals surface area contributed by atoms with Gasteiger partial charge in [-0.2, -0.15) is 0 Å². The highest BCUT2D eigenvalue weighted by atomic mass is 16.6. The number of hydrogen-bond acceptors (Lipinski definition) is 4. The van der Waals surface area contributed by atoms with E-state index in [0.29, 0.717) is 12.1 Å². The number of rotatable bonds is 6. The van der Waals surface area contributed by atoms with Gasteiger partial charge in [0.1, 0.15) is 5.60 Å². The highest BCUT2D eigenvalue weighted by Gasteiger charge is 2.33. The van der Waals surface area contributed by atoms with Crippen molar-refractivity contribution in [2.45, 2.75) is 89.9 Å². The highest BCUT2D eigenvalue weighted by molar-refractivity contribution is 5.68. The smallest absolute Gasteiger partial charge is 0.407 e. The van der Waals surface area contributed by atoms with E-state index < -0.39 is 5.60 Å². The van der Waals surface area contributed by atoms with Gasteiger partial charge in [-0.15, -0.1) is 0 Å². The average molecular weight is 325 g/mol. The fourth-order valence-corrected chi connectivity index (χ4v) is 3.38. The van der Waals surface area contributed by atoms with Crippen LogP contribution in [0.2, 0.25) is 0 Å². The van der Waals surface area contributed by atoms with Crippen molar-refractivity contribution in [1.82, 2.24) is 15.5 Å². The minimum absolute atomic E-state index is 0.270. The van der Waals surface area contributed by atoms with Crippen LogP contribution in [0, 0.1) is 0 Å². The molecular weight excluding hydrogens is 290 g/mol. The lowest BCUT2D eigenvalue weighted by molar-refractivity contribution is 0.0459. The predicted molar refractivity (Wildman–Crippen MR) is 93.7 cm³/mol. The summed E-state index contributed by atoms with van der Waals surface area (Å²) in [5.41, 5.74) is -0.419. The van der Waals surface area contributed by atoms with E-state index in [4.69, 9.17) is 4.74 Å². The summed E-state index contributed by atoms with van der Waals surface area (Å²) in [5, 5.41) is 6.73. The number of alkyl carbamates (subject to hydrolysis) is 1. The molecule has 134 valence electrons. The van der Waals surface area contributed by atoms with E-state index >= 15 is 0 Å². The fraction of sp³-hybridized carbons (Fsp3) is 0.944. The van der Waals surface area contributed by atoms with E-state index in [2.05, 4.69) is 22.5 Å². The molecule has 1 heterocycles. The van der Waals surface area contributed by atoms with Gasteiger partial charge in [-0.25, -0.2) is 4.79 Å². The molecule has 0 bridgehead atoms. The standard InChI is InChI=1S/C18H35N3O2/c1-5-6-9-21-10-7-14(8-11-21)19-15-12-16(13-15)20-17(22)23-18(2,3)4/h14-16,19H,5-13H2,1-4H3,(H,20,22). The maximum Gasteiger partial charge on any atom is 0.407 e. The first-order valence-corrected chi connectivity index (χ1v) is 9.33. The monoisotopic (exact) mass is 325 g/mol. The number of unbranched alkanes of at least 4 members (excludes halogenated alkanes) is 1. The van der Waals surface area contributed by atoms with Crippen molar-refractivity contribution in [2.24, 2.45) is 0 Å². The highest BCUT2D eigenvalue weighted by Crippen LogP contribution is 2.23. The molecule has 23 heavy (non-hydrogen) atoms. The number of carbonyl (C=O) groups excluding carboxylic acids is 1. The van der Waals surface area contributed by atoms with Gasteiger partial charge in [-0.3, -0.25) is 0 Å². The molecule has 5 nitrogen and oxygen atoms in total. The molecule has 1 saturated carbocycles. The normalized spacial score (nSPS) is 26.6. The number of amides is 1. The minimum Gasteiger partial charge on any atom is -0.444 e. The predicted octanol–water partition coefficient (Wildman–Crippen LogP) is 2.90. The maximum atomic E-state index is 11.7. The van der Waals surface area contributed by atoms with E-state index in [0.717, 1.165) is 12.8 Å². The van der Waals surface area contributed by atoms with Crippen LogP contribution in [0.5, 0.6) is 0 Å². The van der Waals surface area contributed by atoms with Crippen molar-refractivity contribution in [2.75, 3.05) is 19.6 Å². The molecular formula is C18H35N3O2. The molecule has 0 atom stereocenters. The van der Waals surface area contributed by atoms with Crippen LogP contribution in [-0.4, -0.2) is 54.4 Å². The molecule has 0 radical (unpaired) electrons. The molecule has 0 unspecified atom stereocenters. The molecule has 2 N–H and O–H groups in total. The van der Waals surface area contributed by atoms with Crippen molar-refractivity contribution in [3.8, 4) is 0 Å². The Morgan fingerprint density at radius 3 is 2.35 bits per heavy atom. The van der Waals surface area contributed by atoms with Crippen LogP contribution in [0.3, 0.4) is 0 Å². The van der Waals surface area contributed by atoms with Gasteiger partial charge >= 0.3 is 6.09 Å². The molecule has 2 rings (SSSR count). The van der Waals surface area contributed by atoms with Crippen molar-refractivity contribution in [3.05, 3.63) is 0 Å². The Hall–Kier alpha value is -0.810. The number of likely N-dealkylation sites (tertiary alicyclic amines) is 1. The summed E-state index contributed by atoms with van der Waals surface area (Å²) in [6.07, 6.45) is 6.87. The summed E-state index contributed by atoms with van der Waals surface area (Å²) in [4.78, 5) is 14.3. The summed E-state index contributed by atoms with van der Waals surface area (Å²) in [7, 11) is 0. The Kier molecular flexibility index (Phi) is 6.72. The zero-order valence-electron chi connectivity index (χ0n) is 15.4. The van der Waals surface area contributed by atoms with Gasteiger partial charge in [0.15, 0.2) is 0 Å². The molecule has 0 spiro atoms. The van der Waals surface area contributed by atoms with Gasteiger partial charge in [0, 0.05) is 18.1 Å². The van der Waals surface area contributed by atoms with Gasteiger partial charge in [-0.1, -0.05) is 13.3 Å². The van der Waals surface area contributed by atoms with Gasteiger partial charge in [0.05, 0.1) is 0 Å². The van der Waals surface area contributed by atoms with Crippen LogP contribution in [0.1, 0.15) is 66.2 Å². The van der Waals surface area contributed by atoms with Crippen LogP contribution in [0.15, 0.2) is 0 Å². The molecule has 2 aliphatic rings. The average Bonchev–Trinajstić information content (AvgIpc) is 2.42. The molecule has 1 amide bonds. The van der Waals surface area contributed by atoms with Crippen molar-refractivity contribution in [1.29, 1.82) is 0 Å². The van der Waals surface area contributed by atoms with Crippen LogP contribution in [0.4, 0.5) is 4.79 Å². The van der Waals surface area contributed by atoms with Crippen molar-refractivity contribution >= 4 is 6.09 Å². The lowest BCUT2D eigenvalue weighted by atomic mass is 9.85. The number of carbonyl (C=O) groups is 1.